The molecule has 0 aromatic carbocycles. The molecular weight excluding hydrogens is 194 g/mol. The molecule has 0 aliphatic rings. The second-order valence-corrected chi connectivity index (χ2v) is 4.28. The standard InChI is InChI=1S/C7H13NO4S/c1-5-7(3,4)12-13(10,11)8-6(2)9/h5H,1H2,2-4H3,(H,8,9). The highest BCUT2D eigenvalue weighted by Gasteiger charge is 2.23. The Morgan fingerprint density at radius 2 is 2.00 bits per heavy atom. The summed E-state index contributed by atoms with van der Waals surface area (Å²) in [6.07, 6.45) is 1.33. The number of hydrogen-bond donors (Lipinski definition) is 1. The fraction of sp³-hybridized carbons (Fsp3) is 0.571. The largest absolute Gasteiger partial charge is 0.362 e. The number of rotatable bonds is 4. The summed E-state index contributed by atoms with van der Waals surface area (Å²) < 4.78 is 28.3. The highest BCUT2D eigenvalue weighted by atomic mass is 32.2. The lowest BCUT2D eigenvalue weighted by Gasteiger charge is -2.19. The average molecular weight is 207 g/mol. The lowest BCUT2D eigenvalue weighted by molar-refractivity contribution is -0.117. The number of hydrogen-bond acceptors (Lipinski definition) is 4. The van der Waals surface area contributed by atoms with Crippen LogP contribution >= 0.6 is 0 Å². The highest BCUT2D eigenvalue weighted by Crippen LogP contribution is 2.12. The summed E-state index contributed by atoms with van der Waals surface area (Å²) in [5.74, 6) is -0.695. The third kappa shape index (κ3) is 5.37. The molecule has 0 saturated carbocycles. The van der Waals surface area contributed by atoms with Crippen LogP contribution in [0.4, 0.5) is 0 Å². The van der Waals surface area contributed by atoms with Crippen molar-refractivity contribution in [2.24, 2.45) is 0 Å². The monoisotopic (exact) mass is 207 g/mol. The Kier molecular flexibility index (Phi) is 3.62. The first kappa shape index (κ1) is 12.1. The molecular formula is C7H13NO4S. The van der Waals surface area contributed by atoms with Crippen LogP contribution in [-0.2, 0) is 19.3 Å². The van der Waals surface area contributed by atoms with Crippen molar-refractivity contribution in [1.29, 1.82) is 0 Å². The molecule has 0 heterocycles. The van der Waals surface area contributed by atoms with E-state index in [9.17, 15) is 13.2 Å². The Morgan fingerprint density at radius 1 is 1.54 bits per heavy atom. The topological polar surface area (TPSA) is 72.5 Å². The number of amides is 1. The molecule has 13 heavy (non-hydrogen) atoms. The molecule has 6 heteroatoms. The highest BCUT2D eigenvalue weighted by molar-refractivity contribution is 7.85. The van der Waals surface area contributed by atoms with Gasteiger partial charge in [-0.25, -0.2) is 8.91 Å². The summed E-state index contributed by atoms with van der Waals surface area (Å²) in [6.45, 7) is 7.51. The molecule has 0 aromatic heterocycles. The van der Waals surface area contributed by atoms with Gasteiger partial charge < -0.3 is 0 Å². The van der Waals surface area contributed by atoms with Crippen LogP contribution in [0, 0.1) is 0 Å². The summed E-state index contributed by atoms with van der Waals surface area (Å²) in [5.41, 5.74) is -1.03. The van der Waals surface area contributed by atoms with E-state index >= 15 is 0 Å². The normalized spacial score (nSPS) is 12.2. The van der Waals surface area contributed by atoms with E-state index in [1.165, 1.54) is 19.9 Å². The van der Waals surface area contributed by atoms with E-state index in [-0.39, 0.29) is 0 Å². The van der Waals surface area contributed by atoms with Crippen LogP contribution in [0.3, 0.4) is 0 Å². The SMILES string of the molecule is C=CC(C)(C)OS(=O)(=O)NC(C)=O. The molecule has 1 amide bonds. The van der Waals surface area contributed by atoms with Gasteiger partial charge in [0.1, 0.15) is 5.60 Å². The maximum Gasteiger partial charge on any atom is 0.362 e. The van der Waals surface area contributed by atoms with Gasteiger partial charge in [-0.2, -0.15) is 8.42 Å². The predicted octanol–water partition coefficient (Wildman–Crippen LogP) is 0.349. The minimum atomic E-state index is -4.02. The zero-order chi connectivity index (χ0) is 10.7. The first-order valence-corrected chi connectivity index (χ1v) is 4.97. The van der Waals surface area contributed by atoms with E-state index in [1.54, 1.807) is 4.72 Å². The van der Waals surface area contributed by atoms with Gasteiger partial charge in [0.15, 0.2) is 0 Å². The van der Waals surface area contributed by atoms with Gasteiger partial charge in [0.2, 0.25) is 5.91 Å². The van der Waals surface area contributed by atoms with E-state index in [0.717, 1.165) is 6.92 Å². The zero-order valence-electron chi connectivity index (χ0n) is 7.83. The van der Waals surface area contributed by atoms with Crippen molar-refractivity contribution in [3.63, 3.8) is 0 Å². The third-order valence-corrected chi connectivity index (χ3v) is 2.27. The summed E-state index contributed by atoms with van der Waals surface area (Å²) >= 11 is 0. The lowest BCUT2D eigenvalue weighted by atomic mass is 10.1. The van der Waals surface area contributed by atoms with Crippen LogP contribution in [0.25, 0.3) is 0 Å². The van der Waals surface area contributed by atoms with Gasteiger partial charge in [-0.15, -0.1) is 6.58 Å². The number of carbonyl (C=O) groups excluding carboxylic acids is 1. The van der Waals surface area contributed by atoms with E-state index in [4.69, 9.17) is 0 Å². The Morgan fingerprint density at radius 3 is 2.31 bits per heavy atom. The second-order valence-electron chi connectivity index (χ2n) is 3.00. The summed E-state index contributed by atoms with van der Waals surface area (Å²) in [4.78, 5) is 10.4. The maximum atomic E-state index is 11.0. The molecule has 0 aliphatic carbocycles. The summed E-state index contributed by atoms with van der Waals surface area (Å²) in [7, 11) is -4.02. The van der Waals surface area contributed by atoms with E-state index < -0.39 is 21.8 Å². The first-order valence-electron chi connectivity index (χ1n) is 3.56. The number of carbonyl (C=O) groups is 1. The molecule has 0 atom stereocenters. The molecule has 1 N–H and O–H groups in total. The van der Waals surface area contributed by atoms with Crippen LogP contribution in [-0.4, -0.2) is 19.9 Å². The van der Waals surface area contributed by atoms with Gasteiger partial charge in [0, 0.05) is 6.92 Å². The molecule has 0 aromatic rings. The van der Waals surface area contributed by atoms with E-state index in [0.29, 0.717) is 0 Å². The molecule has 76 valence electrons. The summed E-state index contributed by atoms with van der Waals surface area (Å²) in [6, 6.07) is 0. The van der Waals surface area contributed by atoms with Crippen LogP contribution in [0.2, 0.25) is 0 Å². The molecule has 0 rings (SSSR count). The molecule has 0 unspecified atom stereocenters. The van der Waals surface area contributed by atoms with Gasteiger partial charge in [-0.3, -0.25) is 4.79 Å². The fourth-order valence-corrected chi connectivity index (χ4v) is 1.54. The van der Waals surface area contributed by atoms with Crippen molar-refractivity contribution in [1.82, 2.24) is 4.72 Å². The fourth-order valence-electron chi connectivity index (χ4n) is 0.514. The average Bonchev–Trinajstić information content (AvgIpc) is 1.81. The van der Waals surface area contributed by atoms with Crippen molar-refractivity contribution < 1.29 is 17.4 Å². The van der Waals surface area contributed by atoms with Crippen LogP contribution < -0.4 is 4.72 Å². The molecule has 0 aliphatic heterocycles. The van der Waals surface area contributed by atoms with Gasteiger partial charge in [0.25, 0.3) is 0 Å². The minimum absolute atomic E-state index is 0.695. The van der Waals surface area contributed by atoms with Crippen molar-refractivity contribution >= 4 is 16.2 Å². The second kappa shape index (κ2) is 3.89. The molecule has 0 bridgehead atoms. The summed E-state index contributed by atoms with van der Waals surface area (Å²) in [5, 5.41) is 0. The van der Waals surface area contributed by atoms with Crippen molar-refractivity contribution in [2.75, 3.05) is 0 Å². The predicted molar refractivity (Wildman–Crippen MR) is 48.1 cm³/mol. The molecule has 0 saturated heterocycles. The van der Waals surface area contributed by atoms with Crippen molar-refractivity contribution in [2.45, 2.75) is 26.4 Å². The smallest absolute Gasteiger partial charge is 0.274 e. The number of nitrogens with one attached hydrogen (secondary N) is 1. The Balaban J connectivity index is 4.52. The molecule has 0 fully saturated rings. The lowest BCUT2D eigenvalue weighted by Crippen LogP contribution is -2.36. The zero-order valence-corrected chi connectivity index (χ0v) is 8.64. The minimum Gasteiger partial charge on any atom is -0.274 e. The van der Waals surface area contributed by atoms with Crippen LogP contribution in [0.5, 0.6) is 0 Å². The van der Waals surface area contributed by atoms with Gasteiger partial charge >= 0.3 is 10.3 Å². The van der Waals surface area contributed by atoms with Crippen LogP contribution in [0.1, 0.15) is 20.8 Å². The molecule has 0 radical (unpaired) electrons. The van der Waals surface area contributed by atoms with E-state index in [2.05, 4.69) is 10.8 Å². The first-order chi connectivity index (χ1) is 5.68. The maximum absolute atomic E-state index is 11.0. The van der Waals surface area contributed by atoms with Crippen molar-refractivity contribution in [3.05, 3.63) is 12.7 Å². The van der Waals surface area contributed by atoms with Gasteiger partial charge in [0.05, 0.1) is 0 Å². The quantitative estimate of drug-likeness (QED) is 0.675. The van der Waals surface area contributed by atoms with Gasteiger partial charge in [-0.1, -0.05) is 6.08 Å². The van der Waals surface area contributed by atoms with Crippen molar-refractivity contribution in [3.8, 4) is 0 Å². The Bertz CT molecular complexity index is 304. The molecule has 0 spiro atoms. The Hall–Kier alpha value is -0.880. The van der Waals surface area contributed by atoms with E-state index in [1.807, 2.05) is 0 Å². The van der Waals surface area contributed by atoms with Gasteiger partial charge in [-0.05, 0) is 13.8 Å². The third-order valence-electron chi connectivity index (χ3n) is 1.08. The molecule has 5 nitrogen and oxygen atoms in total. The Labute approximate surface area is 78.0 Å². The van der Waals surface area contributed by atoms with Crippen LogP contribution in [0.15, 0.2) is 12.7 Å².